The van der Waals surface area contributed by atoms with E-state index in [1.165, 1.54) is 0 Å². The lowest BCUT2D eigenvalue weighted by Gasteiger charge is -2.29. The molecule has 5 nitrogen and oxygen atoms in total. The fourth-order valence-corrected chi connectivity index (χ4v) is 4.36. The topological polar surface area (TPSA) is 50.8 Å². The lowest BCUT2D eigenvalue weighted by atomic mass is 10.1. The molecule has 4 rings (SSSR count). The molecule has 2 aromatic carbocycles. The summed E-state index contributed by atoms with van der Waals surface area (Å²) < 4.78 is 11.3. The normalized spacial score (nSPS) is 16.6. The molecule has 2 aromatic rings. The van der Waals surface area contributed by atoms with Gasteiger partial charge in [-0.1, -0.05) is 11.6 Å². The molecule has 2 heterocycles. The lowest BCUT2D eigenvalue weighted by molar-refractivity contribution is 0.102. The molecule has 0 atom stereocenters. The third-order valence-electron chi connectivity index (χ3n) is 4.57. The predicted molar refractivity (Wildman–Crippen MR) is 111 cm³/mol. The van der Waals surface area contributed by atoms with Gasteiger partial charge in [0.15, 0.2) is 11.5 Å². The Morgan fingerprint density at radius 1 is 1.04 bits per heavy atom. The first kappa shape index (κ1) is 18.3. The highest BCUT2D eigenvalue weighted by Crippen LogP contribution is 2.32. The van der Waals surface area contributed by atoms with E-state index in [0.29, 0.717) is 41.0 Å². The van der Waals surface area contributed by atoms with Crippen LogP contribution in [0.3, 0.4) is 0 Å². The number of amides is 1. The highest BCUT2D eigenvalue weighted by atomic mass is 35.5. The van der Waals surface area contributed by atoms with Crippen molar-refractivity contribution in [2.75, 3.05) is 48.0 Å². The number of anilines is 2. The summed E-state index contributed by atoms with van der Waals surface area (Å²) in [7, 11) is 0. The summed E-state index contributed by atoms with van der Waals surface area (Å²) in [6.07, 6.45) is 0.830. The van der Waals surface area contributed by atoms with Gasteiger partial charge >= 0.3 is 0 Å². The number of nitrogens with one attached hydrogen (secondary N) is 1. The Kier molecular flexibility index (Phi) is 5.64. The molecule has 1 saturated heterocycles. The van der Waals surface area contributed by atoms with Crippen LogP contribution in [0.15, 0.2) is 36.4 Å². The average Bonchev–Trinajstić information content (AvgIpc) is 2.93. The monoisotopic (exact) mass is 404 g/mol. The Bertz CT molecular complexity index is 840. The van der Waals surface area contributed by atoms with Crippen LogP contribution in [0.1, 0.15) is 16.8 Å². The molecule has 2 aliphatic heterocycles. The number of ether oxygens (including phenoxy) is 2. The Labute approximate surface area is 168 Å². The molecule has 0 unspecified atom stereocenters. The molecule has 27 heavy (non-hydrogen) atoms. The summed E-state index contributed by atoms with van der Waals surface area (Å²) in [5.41, 5.74) is 2.21. The van der Waals surface area contributed by atoms with Crippen LogP contribution in [0, 0.1) is 0 Å². The third kappa shape index (κ3) is 4.28. The molecule has 1 N–H and O–H groups in total. The van der Waals surface area contributed by atoms with Crippen molar-refractivity contribution in [3.05, 3.63) is 47.0 Å². The van der Waals surface area contributed by atoms with E-state index in [4.69, 9.17) is 21.1 Å². The standard InChI is InChI=1S/C20H21ClN2O3S/c21-16-13-15(3-4-17(16)23-6-10-27-11-7-23)22-20(24)14-2-5-18-19(12-14)26-9-1-8-25-18/h2-5,12-13H,1,6-11H2,(H,22,24). The minimum absolute atomic E-state index is 0.205. The molecule has 1 amide bonds. The molecule has 0 bridgehead atoms. The minimum atomic E-state index is -0.205. The summed E-state index contributed by atoms with van der Waals surface area (Å²) in [6, 6.07) is 10.9. The van der Waals surface area contributed by atoms with Crippen molar-refractivity contribution in [3.8, 4) is 11.5 Å². The largest absolute Gasteiger partial charge is 0.490 e. The zero-order valence-corrected chi connectivity index (χ0v) is 16.4. The van der Waals surface area contributed by atoms with E-state index in [-0.39, 0.29) is 5.91 Å². The first-order valence-corrected chi connectivity index (χ1v) is 10.6. The Balaban J connectivity index is 1.48. The van der Waals surface area contributed by atoms with E-state index in [1.54, 1.807) is 24.3 Å². The van der Waals surface area contributed by atoms with Gasteiger partial charge in [-0.2, -0.15) is 11.8 Å². The highest BCUT2D eigenvalue weighted by molar-refractivity contribution is 7.99. The number of carbonyl (C=O) groups is 1. The van der Waals surface area contributed by atoms with Gasteiger partial charge in [0.05, 0.1) is 23.9 Å². The molecule has 2 aliphatic rings. The number of carbonyl (C=O) groups excluding carboxylic acids is 1. The first-order chi connectivity index (χ1) is 13.2. The van der Waals surface area contributed by atoms with Gasteiger partial charge in [0, 0.05) is 42.3 Å². The van der Waals surface area contributed by atoms with Crippen LogP contribution in [0.2, 0.25) is 5.02 Å². The fourth-order valence-electron chi connectivity index (χ4n) is 3.15. The highest BCUT2D eigenvalue weighted by Gasteiger charge is 2.17. The first-order valence-electron chi connectivity index (χ1n) is 9.04. The summed E-state index contributed by atoms with van der Waals surface area (Å²) in [5, 5.41) is 3.56. The minimum Gasteiger partial charge on any atom is -0.490 e. The van der Waals surface area contributed by atoms with E-state index in [2.05, 4.69) is 10.2 Å². The number of benzene rings is 2. The van der Waals surface area contributed by atoms with Crippen LogP contribution in [0.25, 0.3) is 0 Å². The maximum atomic E-state index is 12.6. The zero-order valence-electron chi connectivity index (χ0n) is 14.9. The van der Waals surface area contributed by atoms with Gasteiger partial charge in [-0.25, -0.2) is 0 Å². The maximum Gasteiger partial charge on any atom is 0.255 e. The van der Waals surface area contributed by atoms with Crippen molar-refractivity contribution < 1.29 is 14.3 Å². The third-order valence-corrected chi connectivity index (χ3v) is 5.81. The van der Waals surface area contributed by atoms with Crippen LogP contribution < -0.4 is 19.7 Å². The molecule has 1 fully saturated rings. The van der Waals surface area contributed by atoms with Crippen molar-refractivity contribution in [2.45, 2.75) is 6.42 Å². The second-order valence-electron chi connectivity index (χ2n) is 6.43. The van der Waals surface area contributed by atoms with Crippen molar-refractivity contribution in [2.24, 2.45) is 0 Å². The molecule has 0 radical (unpaired) electrons. The van der Waals surface area contributed by atoms with Gasteiger partial charge in [-0.15, -0.1) is 0 Å². The van der Waals surface area contributed by atoms with Gasteiger partial charge in [0.1, 0.15) is 0 Å². The predicted octanol–water partition coefficient (Wildman–Crippen LogP) is 4.31. The lowest BCUT2D eigenvalue weighted by Crippen LogP contribution is -2.32. The maximum absolute atomic E-state index is 12.6. The number of hydrogen-bond donors (Lipinski definition) is 1. The Morgan fingerprint density at radius 3 is 2.59 bits per heavy atom. The molecular formula is C20H21ClN2O3S. The van der Waals surface area contributed by atoms with E-state index >= 15 is 0 Å². The number of halogens is 1. The van der Waals surface area contributed by atoms with E-state index in [1.807, 2.05) is 23.9 Å². The zero-order chi connectivity index (χ0) is 18.6. The van der Waals surface area contributed by atoms with Crippen LogP contribution in [0.4, 0.5) is 11.4 Å². The number of hydrogen-bond acceptors (Lipinski definition) is 5. The Morgan fingerprint density at radius 2 is 1.81 bits per heavy atom. The van der Waals surface area contributed by atoms with E-state index in [9.17, 15) is 4.79 Å². The van der Waals surface area contributed by atoms with Gasteiger partial charge in [-0.05, 0) is 36.4 Å². The number of nitrogens with zero attached hydrogens (tertiary/aromatic N) is 1. The number of thioether (sulfide) groups is 1. The van der Waals surface area contributed by atoms with Crippen LogP contribution in [0.5, 0.6) is 11.5 Å². The molecule has 7 heteroatoms. The number of rotatable bonds is 3. The fraction of sp³-hybridized carbons (Fsp3) is 0.350. The van der Waals surface area contributed by atoms with Gasteiger partial charge in [0.2, 0.25) is 0 Å². The molecule has 0 aromatic heterocycles. The molecule has 0 saturated carbocycles. The second kappa shape index (κ2) is 8.31. The number of fused-ring (bicyclic) bond motifs is 1. The smallest absolute Gasteiger partial charge is 0.255 e. The summed E-state index contributed by atoms with van der Waals surface area (Å²) in [6.45, 7) is 3.20. The van der Waals surface area contributed by atoms with Gasteiger partial charge < -0.3 is 19.7 Å². The average molecular weight is 405 g/mol. The summed E-state index contributed by atoms with van der Waals surface area (Å²) >= 11 is 8.43. The molecular weight excluding hydrogens is 384 g/mol. The van der Waals surface area contributed by atoms with Crippen molar-refractivity contribution in [1.82, 2.24) is 0 Å². The van der Waals surface area contributed by atoms with E-state index in [0.717, 1.165) is 36.7 Å². The van der Waals surface area contributed by atoms with Crippen LogP contribution >= 0.6 is 23.4 Å². The SMILES string of the molecule is O=C(Nc1ccc(N2CCSCC2)c(Cl)c1)c1ccc2c(c1)OCCCO2. The summed E-state index contributed by atoms with van der Waals surface area (Å²) in [5.74, 6) is 3.30. The van der Waals surface area contributed by atoms with Crippen molar-refractivity contribution in [3.63, 3.8) is 0 Å². The van der Waals surface area contributed by atoms with Crippen molar-refractivity contribution >= 4 is 40.6 Å². The van der Waals surface area contributed by atoms with Gasteiger partial charge in [0.25, 0.3) is 5.91 Å². The second-order valence-corrected chi connectivity index (χ2v) is 8.06. The summed E-state index contributed by atoms with van der Waals surface area (Å²) in [4.78, 5) is 14.9. The quantitative estimate of drug-likeness (QED) is 0.826. The molecule has 142 valence electrons. The van der Waals surface area contributed by atoms with Crippen LogP contribution in [-0.2, 0) is 0 Å². The van der Waals surface area contributed by atoms with E-state index < -0.39 is 0 Å². The molecule has 0 aliphatic carbocycles. The van der Waals surface area contributed by atoms with Crippen LogP contribution in [-0.4, -0.2) is 43.7 Å². The van der Waals surface area contributed by atoms with Crippen molar-refractivity contribution in [1.29, 1.82) is 0 Å². The molecule has 0 spiro atoms. The van der Waals surface area contributed by atoms with Gasteiger partial charge in [-0.3, -0.25) is 4.79 Å². The Hall–Kier alpha value is -2.05.